The van der Waals surface area contributed by atoms with Gasteiger partial charge in [-0.1, -0.05) is 30.3 Å². The van der Waals surface area contributed by atoms with Gasteiger partial charge in [-0.15, -0.1) is 11.3 Å². The number of morpholine rings is 1. The lowest BCUT2D eigenvalue weighted by atomic mass is 10.2. The van der Waals surface area contributed by atoms with E-state index in [1.165, 1.54) is 0 Å². The first kappa shape index (κ1) is 14.7. The van der Waals surface area contributed by atoms with Gasteiger partial charge < -0.3 is 9.84 Å². The molecular formula is C16H20N2O2S. The van der Waals surface area contributed by atoms with Crippen LogP contribution in [0.5, 0.6) is 0 Å². The molecule has 112 valence electrons. The predicted octanol–water partition coefficient (Wildman–Crippen LogP) is 2.39. The Bertz CT molecular complexity index is 573. The smallest absolute Gasteiger partial charge is 0.123 e. The minimum Gasteiger partial charge on any atom is -0.394 e. The SMILES string of the molecule is CC1COC(CO)CN1Cc1csc(-c2ccccc2)n1. The molecule has 1 aliphatic rings. The Morgan fingerprint density at radius 3 is 2.95 bits per heavy atom. The standard InChI is InChI=1S/C16H20N2O2S/c1-12-10-20-15(9-19)8-18(12)7-14-11-21-16(17-14)13-5-3-2-4-6-13/h2-6,11-12,15,19H,7-10H2,1H3. The molecule has 0 radical (unpaired) electrons. The van der Waals surface area contributed by atoms with E-state index >= 15 is 0 Å². The van der Waals surface area contributed by atoms with Crippen molar-refractivity contribution >= 4 is 11.3 Å². The van der Waals surface area contributed by atoms with E-state index in [1.807, 2.05) is 18.2 Å². The number of nitrogens with zero attached hydrogens (tertiary/aromatic N) is 2. The summed E-state index contributed by atoms with van der Waals surface area (Å²) in [7, 11) is 0. The van der Waals surface area contributed by atoms with E-state index in [2.05, 4.69) is 29.3 Å². The molecule has 0 amide bonds. The van der Waals surface area contributed by atoms with E-state index in [0.717, 1.165) is 29.4 Å². The Balaban J connectivity index is 1.69. The highest BCUT2D eigenvalue weighted by molar-refractivity contribution is 7.13. The molecule has 2 aromatic rings. The molecule has 1 aliphatic heterocycles. The first-order valence-electron chi connectivity index (χ1n) is 7.22. The summed E-state index contributed by atoms with van der Waals surface area (Å²) in [6.45, 7) is 4.47. The number of rotatable bonds is 4. The fraction of sp³-hybridized carbons (Fsp3) is 0.438. The number of aliphatic hydroxyl groups is 1. The number of aliphatic hydroxyl groups excluding tert-OH is 1. The second kappa shape index (κ2) is 6.66. The second-order valence-electron chi connectivity index (χ2n) is 5.43. The molecule has 1 N–H and O–H groups in total. The van der Waals surface area contributed by atoms with Crippen LogP contribution in [0.4, 0.5) is 0 Å². The van der Waals surface area contributed by atoms with Crippen molar-refractivity contribution in [1.29, 1.82) is 0 Å². The summed E-state index contributed by atoms with van der Waals surface area (Å²) in [5, 5.41) is 12.4. The van der Waals surface area contributed by atoms with Crippen LogP contribution in [-0.4, -0.2) is 46.9 Å². The summed E-state index contributed by atoms with van der Waals surface area (Å²) in [6.07, 6.45) is -0.0755. The Morgan fingerprint density at radius 2 is 2.19 bits per heavy atom. The first-order valence-corrected chi connectivity index (χ1v) is 8.10. The summed E-state index contributed by atoms with van der Waals surface area (Å²) in [4.78, 5) is 7.06. The van der Waals surface area contributed by atoms with Crippen LogP contribution in [0.3, 0.4) is 0 Å². The molecular weight excluding hydrogens is 284 g/mol. The van der Waals surface area contributed by atoms with E-state index in [-0.39, 0.29) is 12.7 Å². The third-order valence-electron chi connectivity index (χ3n) is 3.78. The van der Waals surface area contributed by atoms with Crippen LogP contribution in [0.1, 0.15) is 12.6 Å². The summed E-state index contributed by atoms with van der Waals surface area (Å²) < 4.78 is 5.57. The van der Waals surface area contributed by atoms with Crippen molar-refractivity contribution in [3.63, 3.8) is 0 Å². The third-order valence-corrected chi connectivity index (χ3v) is 4.72. The monoisotopic (exact) mass is 304 g/mol. The molecule has 0 bridgehead atoms. The molecule has 4 nitrogen and oxygen atoms in total. The molecule has 2 heterocycles. The molecule has 5 heteroatoms. The zero-order valence-electron chi connectivity index (χ0n) is 12.1. The van der Waals surface area contributed by atoms with Gasteiger partial charge in [-0.2, -0.15) is 0 Å². The molecule has 0 saturated carbocycles. The van der Waals surface area contributed by atoms with Gasteiger partial charge in [0, 0.05) is 30.1 Å². The Kier molecular flexibility index (Phi) is 4.65. The molecule has 3 rings (SSSR count). The Hall–Kier alpha value is -1.27. The highest BCUT2D eigenvalue weighted by atomic mass is 32.1. The summed E-state index contributed by atoms with van der Waals surface area (Å²) in [5.74, 6) is 0. The molecule has 1 aromatic carbocycles. The number of hydrogen-bond donors (Lipinski definition) is 1. The number of ether oxygens (including phenoxy) is 1. The van der Waals surface area contributed by atoms with Gasteiger partial charge in [0.05, 0.1) is 25.0 Å². The van der Waals surface area contributed by atoms with Crippen molar-refractivity contribution in [3.05, 3.63) is 41.4 Å². The van der Waals surface area contributed by atoms with Gasteiger partial charge in [0.2, 0.25) is 0 Å². The normalized spacial score (nSPS) is 23.3. The maximum atomic E-state index is 9.25. The maximum absolute atomic E-state index is 9.25. The quantitative estimate of drug-likeness (QED) is 0.942. The molecule has 2 unspecified atom stereocenters. The van der Waals surface area contributed by atoms with Crippen molar-refractivity contribution in [2.24, 2.45) is 0 Å². The summed E-state index contributed by atoms with van der Waals surface area (Å²) in [6, 6.07) is 10.6. The lowest BCUT2D eigenvalue weighted by Gasteiger charge is -2.36. The highest BCUT2D eigenvalue weighted by Gasteiger charge is 2.26. The van der Waals surface area contributed by atoms with Crippen molar-refractivity contribution in [2.75, 3.05) is 19.8 Å². The molecule has 1 saturated heterocycles. The third kappa shape index (κ3) is 3.49. The first-order chi connectivity index (χ1) is 10.3. The summed E-state index contributed by atoms with van der Waals surface area (Å²) in [5.41, 5.74) is 2.25. The Labute approximate surface area is 129 Å². The minimum atomic E-state index is -0.0755. The van der Waals surface area contributed by atoms with E-state index in [0.29, 0.717) is 12.6 Å². The van der Waals surface area contributed by atoms with Crippen LogP contribution in [0.2, 0.25) is 0 Å². The van der Waals surface area contributed by atoms with Gasteiger partial charge in [0.25, 0.3) is 0 Å². The van der Waals surface area contributed by atoms with Gasteiger partial charge in [0.15, 0.2) is 0 Å². The zero-order valence-corrected chi connectivity index (χ0v) is 12.9. The fourth-order valence-electron chi connectivity index (χ4n) is 2.51. The Morgan fingerprint density at radius 1 is 1.38 bits per heavy atom. The molecule has 0 aliphatic carbocycles. The second-order valence-corrected chi connectivity index (χ2v) is 6.28. The van der Waals surface area contributed by atoms with Gasteiger partial charge >= 0.3 is 0 Å². The zero-order chi connectivity index (χ0) is 14.7. The van der Waals surface area contributed by atoms with Crippen LogP contribution in [0.15, 0.2) is 35.7 Å². The van der Waals surface area contributed by atoms with Gasteiger partial charge in [-0.25, -0.2) is 4.98 Å². The van der Waals surface area contributed by atoms with Crippen molar-refractivity contribution in [2.45, 2.75) is 25.6 Å². The molecule has 21 heavy (non-hydrogen) atoms. The lowest BCUT2D eigenvalue weighted by Crippen LogP contribution is -2.48. The van der Waals surface area contributed by atoms with Crippen LogP contribution in [0.25, 0.3) is 10.6 Å². The van der Waals surface area contributed by atoms with E-state index < -0.39 is 0 Å². The van der Waals surface area contributed by atoms with Gasteiger partial charge in [0.1, 0.15) is 5.01 Å². The van der Waals surface area contributed by atoms with Crippen LogP contribution < -0.4 is 0 Å². The van der Waals surface area contributed by atoms with Crippen molar-refractivity contribution in [1.82, 2.24) is 9.88 Å². The lowest BCUT2D eigenvalue weighted by molar-refractivity contribution is -0.0808. The van der Waals surface area contributed by atoms with Gasteiger partial charge in [-0.3, -0.25) is 4.90 Å². The number of thiazole rings is 1. The van der Waals surface area contributed by atoms with Crippen LogP contribution >= 0.6 is 11.3 Å². The van der Waals surface area contributed by atoms with Gasteiger partial charge in [-0.05, 0) is 6.92 Å². The van der Waals surface area contributed by atoms with Crippen LogP contribution in [-0.2, 0) is 11.3 Å². The largest absolute Gasteiger partial charge is 0.394 e. The molecule has 0 spiro atoms. The van der Waals surface area contributed by atoms with Crippen molar-refractivity contribution < 1.29 is 9.84 Å². The average Bonchev–Trinajstić information content (AvgIpc) is 2.99. The van der Waals surface area contributed by atoms with Crippen molar-refractivity contribution in [3.8, 4) is 10.6 Å². The van der Waals surface area contributed by atoms with E-state index in [1.54, 1.807) is 11.3 Å². The fourth-order valence-corrected chi connectivity index (χ4v) is 3.32. The number of benzene rings is 1. The predicted molar refractivity (Wildman–Crippen MR) is 84.2 cm³/mol. The minimum absolute atomic E-state index is 0.0755. The molecule has 1 fully saturated rings. The van der Waals surface area contributed by atoms with Crippen LogP contribution in [0, 0.1) is 0 Å². The molecule has 2 atom stereocenters. The van der Waals surface area contributed by atoms with E-state index in [9.17, 15) is 5.11 Å². The highest BCUT2D eigenvalue weighted by Crippen LogP contribution is 2.24. The number of hydrogen-bond acceptors (Lipinski definition) is 5. The average molecular weight is 304 g/mol. The van der Waals surface area contributed by atoms with E-state index in [4.69, 9.17) is 9.72 Å². The topological polar surface area (TPSA) is 45.6 Å². The molecule has 1 aromatic heterocycles. The number of aromatic nitrogens is 1. The maximum Gasteiger partial charge on any atom is 0.123 e. The summed E-state index contributed by atoms with van der Waals surface area (Å²) >= 11 is 1.68.